The van der Waals surface area contributed by atoms with Crippen molar-refractivity contribution in [3.8, 4) is 0 Å². The van der Waals surface area contributed by atoms with Crippen molar-refractivity contribution in [1.82, 2.24) is 0 Å². The molecule has 0 unspecified atom stereocenters. The van der Waals surface area contributed by atoms with E-state index in [1.807, 2.05) is 0 Å². The molecule has 0 saturated heterocycles. The zero-order valence-electron chi connectivity index (χ0n) is 3.42. The Kier molecular flexibility index (Phi) is 14.2. The van der Waals surface area contributed by atoms with Gasteiger partial charge in [-0.2, -0.15) is 0 Å². The van der Waals surface area contributed by atoms with Crippen molar-refractivity contribution in [2.45, 2.75) is 0 Å². The van der Waals surface area contributed by atoms with Crippen molar-refractivity contribution in [3.05, 3.63) is 0 Å². The van der Waals surface area contributed by atoms with Crippen LogP contribution in [0, 0.1) is 0 Å². The fraction of sp³-hybridized carbons (Fsp3) is 0. The average molecular weight is 207 g/mol. The van der Waals surface area contributed by atoms with E-state index in [9.17, 15) is 0 Å². The first kappa shape index (κ1) is 16.0. The third-order valence-corrected chi connectivity index (χ3v) is 0. The van der Waals surface area contributed by atoms with Crippen LogP contribution in [0.5, 0.6) is 0 Å². The Morgan fingerprint density at radius 2 is 0.857 bits per heavy atom. The summed E-state index contributed by atoms with van der Waals surface area (Å²) in [6, 6.07) is 0. The van der Waals surface area contributed by atoms with Crippen molar-refractivity contribution in [2.24, 2.45) is 0 Å². The van der Waals surface area contributed by atoms with Crippen LogP contribution in [0.15, 0.2) is 0 Å². The standard InChI is InChI=1S/Al.O4Si.Sr/c;1-5(2,3)4;/q+3;-4;+2. The first-order valence-corrected chi connectivity index (χ1v) is 2.45. The molecule has 0 spiro atoms. The van der Waals surface area contributed by atoms with E-state index >= 15 is 0 Å². The van der Waals surface area contributed by atoms with Gasteiger partial charge in [-0.05, 0) is 0 Å². The Morgan fingerprint density at radius 3 is 0.857 bits per heavy atom. The first-order chi connectivity index (χ1) is 2.00. The van der Waals surface area contributed by atoms with Crippen LogP contribution in [-0.2, 0) is 0 Å². The summed E-state index contributed by atoms with van der Waals surface area (Å²) in [5.41, 5.74) is 0. The molecule has 4 nitrogen and oxygen atoms in total. The monoisotopic (exact) mass is 207 g/mol. The molecule has 0 aromatic heterocycles. The van der Waals surface area contributed by atoms with E-state index in [0.29, 0.717) is 0 Å². The van der Waals surface area contributed by atoms with Gasteiger partial charge in [0, 0.05) is 0 Å². The van der Waals surface area contributed by atoms with E-state index in [2.05, 4.69) is 0 Å². The quantitative estimate of drug-likeness (QED) is 0.369. The van der Waals surface area contributed by atoms with Gasteiger partial charge in [0.2, 0.25) is 0 Å². The topological polar surface area (TPSA) is 92.2 Å². The summed E-state index contributed by atoms with van der Waals surface area (Å²) >= 11 is 0. The molecule has 0 aromatic carbocycles. The molecule has 0 radical (unpaired) electrons. The van der Waals surface area contributed by atoms with Crippen LogP contribution < -0.4 is 19.2 Å². The molecule has 7 heavy (non-hydrogen) atoms. The molecule has 0 fully saturated rings. The van der Waals surface area contributed by atoms with Crippen molar-refractivity contribution < 1.29 is 19.2 Å². The second-order valence-electron chi connectivity index (χ2n) is 0.500. The van der Waals surface area contributed by atoms with Crippen LogP contribution in [0.2, 0.25) is 0 Å². The molecule has 0 aliphatic rings. The Balaban J connectivity index is -0.0000000800. The van der Waals surface area contributed by atoms with Crippen LogP contribution in [-0.4, -0.2) is 71.9 Å². The summed E-state index contributed by atoms with van der Waals surface area (Å²) in [6.07, 6.45) is 0. The van der Waals surface area contributed by atoms with Crippen LogP contribution in [0.1, 0.15) is 0 Å². The minimum atomic E-state index is -5.61. The molecule has 0 heterocycles. The maximum atomic E-state index is 8.58. The Hall–Kier alpha value is 2.07. The van der Waals surface area contributed by atoms with Crippen molar-refractivity contribution in [2.75, 3.05) is 0 Å². The summed E-state index contributed by atoms with van der Waals surface area (Å²) in [4.78, 5) is 34.3. The molecule has 0 aliphatic carbocycles. The zero-order valence-corrected chi connectivity index (χ0v) is 9.05. The predicted molar refractivity (Wildman–Crippen MR) is 17.3 cm³/mol. The van der Waals surface area contributed by atoms with Gasteiger partial charge in [-0.25, -0.2) is 0 Å². The average Bonchev–Trinajstić information content (AvgIpc) is 0.722. The third-order valence-electron chi connectivity index (χ3n) is 0. The fourth-order valence-electron chi connectivity index (χ4n) is 0. The summed E-state index contributed by atoms with van der Waals surface area (Å²) in [7, 11) is -5.61. The Morgan fingerprint density at radius 1 is 0.857 bits per heavy atom. The number of hydrogen-bond acceptors (Lipinski definition) is 4. The smallest absolute Gasteiger partial charge is 0.894 e. The maximum absolute atomic E-state index is 8.58. The normalized spacial score (nSPS) is 8.57. The fourth-order valence-corrected chi connectivity index (χ4v) is 0. The predicted octanol–water partition coefficient (Wildman–Crippen LogP) is -5.90. The Labute approximate surface area is 89.7 Å². The van der Waals surface area contributed by atoms with Gasteiger partial charge in [-0.3, -0.25) is 0 Å². The van der Waals surface area contributed by atoms with Crippen LogP contribution >= 0.6 is 0 Å². The molecule has 32 valence electrons. The van der Waals surface area contributed by atoms with E-state index in [4.69, 9.17) is 19.2 Å². The second-order valence-corrected chi connectivity index (χ2v) is 1.50. The van der Waals surface area contributed by atoms with Crippen molar-refractivity contribution in [1.29, 1.82) is 0 Å². The maximum Gasteiger partial charge on any atom is 3.00 e. The van der Waals surface area contributed by atoms with Crippen LogP contribution in [0.25, 0.3) is 0 Å². The van der Waals surface area contributed by atoms with Crippen LogP contribution in [0.3, 0.4) is 0 Å². The van der Waals surface area contributed by atoms with Gasteiger partial charge in [-0.1, -0.05) is 0 Å². The van der Waals surface area contributed by atoms with Crippen molar-refractivity contribution >= 4 is 71.9 Å². The molecule has 0 bridgehead atoms. The van der Waals surface area contributed by atoms with Crippen molar-refractivity contribution in [3.63, 3.8) is 0 Å². The minimum Gasteiger partial charge on any atom is -0.894 e. The van der Waals surface area contributed by atoms with E-state index < -0.39 is 9.05 Å². The largest absolute Gasteiger partial charge is 3.00 e. The van der Waals surface area contributed by atoms with Gasteiger partial charge >= 0.3 is 62.8 Å². The SMILES string of the molecule is [Al+3].[O-][Si]([O-])([O-])[O-].[Sr+2]. The number of hydrogen-bond donors (Lipinski definition) is 0. The zero-order chi connectivity index (χ0) is 4.50. The molecule has 0 aliphatic heterocycles. The Bertz CT molecular complexity index is 27.2. The number of rotatable bonds is 0. The van der Waals surface area contributed by atoms with E-state index in [0.717, 1.165) is 0 Å². The van der Waals surface area contributed by atoms with Gasteiger partial charge in [0.15, 0.2) is 0 Å². The molecule has 0 atom stereocenters. The van der Waals surface area contributed by atoms with Gasteiger partial charge in [0.25, 0.3) is 0 Å². The molecule has 7 heteroatoms. The van der Waals surface area contributed by atoms with Gasteiger partial charge in [-0.15, -0.1) is 0 Å². The first-order valence-electron chi connectivity index (χ1n) is 0.816. The van der Waals surface area contributed by atoms with E-state index in [-0.39, 0.29) is 62.8 Å². The minimum absolute atomic E-state index is 0. The molecule has 0 rings (SSSR count). The third kappa shape index (κ3) is 69.4. The molecule has 0 aromatic rings. The molecule has 0 saturated carbocycles. The molecular weight excluding hydrogens is 207 g/mol. The van der Waals surface area contributed by atoms with Gasteiger partial charge in [0.05, 0.1) is 0 Å². The van der Waals surface area contributed by atoms with Gasteiger partial charge < -0.3 is 28.2 Å². The summed E-state index contributed by atoms with van der Waals surface area (Å²) in [5.74, 6) is 0. The van der Waals surface area contributed by atoms with Gasteiger partial charge in [0.1, 0.15) is 0 Å². The molecule has 0 amide bonds. The molecular formula is AlO4SiSr+. The van der Waals surface area contributed by atoms with Crippen LogP contribution in [0.4, 0.5) is 0 Å². The van der Waals surface area contributed by atoms with E-state index in [1.165, 1.54) is 0 Å². The second kappa shape index (κ2) is 6.19. The summed E-state index contributed by atoms with van der Waals surface area (Å²) < 4.78 is 0. The van der Waals surface area contributed by atoms with E-state index in [1.54, 1.807) is 0 Å². The molecule has 0 N–H and O–H groups in total. The summed E-state index contributed by atoms with van der Waals surface area (Å²) in [6.45, 7) is 0. The summed E-state index contributed by atoms with van der Waals surface area (Å²) in [5, 5.41) is 0.